The van der Waals surface area contributed by atoms with E-state index >= 15 is 0 Å². The Balaban J connectivity index is 1.76. The van der Waals surface area contributed by atoms with E-state index in [2.05, 4.69) is 24.8 Å². The Morgan fingerprint density at radius 3 is 2.79 bits per heavy atom. The van der Waals surface area contributed by atoms with Gasteiger partial charge in [-0.15, -0.1) is 0 Å². The fourth-order valence-electron chi connectivity index (χ4n) is 6.45. The molecule has 0 heterocycles. The third kappa shape index (κ3) is 1.95. The number of ketones is 2. The molecule has 126 valence electrons. The first-order valence-corrected chi connectivity index (χ1v) is 9.20. The molecule has 4 aliphatic rings. The Morgan fingerprint density at radius 2 is 2.04 bits per heavy atom. The van der Waals surface area contributed by atoms with Crippen LogP contribution in [0.2, 0.25) is 0 Å². The van der Waals surface area contributed by atoms with Crippen LogP contribution in [0.4, 0.5) is 0 Å². The van der Waals surface area contributed by atoms with Crippen LogP contribution in [0.1, 0.15) is 58.8 Å². The minimum absolute atomic E-state index is 0.0796. The van der Waals surface area contributed by atoms with Crippen LogP contribution in [0.25, 0.3) is 4.85 Å². The van der Waals surface area contributed by atoms with Gasteiger partial charge in [0, 0.05) is 25.2 Å². The number of fused-ring (bicyclic) bond motifs is 5. The summed E-state index contributed by atoms with van der Waals surface area (Å²) in [5.74, 6) is 1.67. The number of allylic oxidation sites excluding steroid dienone is 3. The van der Waals surface area contributed by atoms with Crippen molar-refractivity contribution in [1.82, 2.24) is 0 Å². The maximum Gasteiger partial charge on any atom is 0.154 e. The Kier molecular flexibility index (Phi) is 3.39. The molecule has 3 heteroatoms. The lowest BCUT2D eigenvalue weighted by molar-refractivity contribution is -0.142. The molecule has 0 spiro atoms. The Hall–Kier alpha value is -1.69. The van der Waals surface area contributed by atoms with Gasteiger partial charge in [-0.25, -0.2) is 4.85 Å². The van der Waals surface area contributed by atoms with Gasteiger partial charge in [-0.3, -0.25) is 9.59 Å². The van der Waals surface area contributed by atoms with Crippen molar-refractivity contribution in [2.24, 2.45) is 28.6 Å². The maximum absolute atomic E-state index is 13.3. The molecule has 24 heavy (non-hydrogen) atoms. The molecule has 0 aromatic carbocycles. The van der Waals surface area contributed by atoms with Crippen LogP contribution >= 0.6 is 0 Å². The zero-order valence-electron chi connectivity index (χ0n) is 14.6. The number of carbonyl (C=O) groups is 2. The molecular formula is C21H25NO2. The van der Waals surface area contributed by atoms with Crippen molar-refractivity contribution >= 4 is 11.6 Å². The van der Waals surface area contributed by atoms with Crippen LogP contribution in [-0.2, 0) is 9.59 Å². The monoisotopic (exact) mass is 323 g/mol. The summed E-state index contributed by atoms with van der Waals surface area (Å²) in [6, 6.07) is 0. The Labute approximate surface area is 144 Å². The second-order valence-corrected chi connectivity index (χ2v) is 8.73. The van der Waals surface area contributed by atoms with Crippen LogP contribution < -0.4 is 0 Å². The number of hydrogen-bond donors (Lipinski definition) is 0. The number of rotatable bonds is 0. The van der Waals surface area contributed by atoms with Gasteiger partial charge in [0.05, 0.1) is 6.57 Å². The fourth-order valence-corrected chi connectivity index (χ4v) is 6.45. The summed E-state index contributed by atoms with van der Waals surface area (Å²) in [5, 5.41) is 0. The Morgan fingerprint density at radius 1 is 1.25 bits per heavy atom. The van der Waals surface area contributed by atoms with Crippen LogP contribution in [0.15, 0.2) is 23.4 Å². The van der Waals surface area contributed by atoms with Crippen molar-refractivity contribution in [3.05, 3.63) is 34.8 Å². The van der Waals surface area contributed by atoms with E-state index in [4.69, 9.17) is 6.57 Å². The molecule has 3 saturated carbocycles. The van der Waals surface area contributed by atoms with Gasteiger partial charge in [-0.1, -0.05) is 31.1 Å². The summed E-state index contributed by atoms with van der Waals surface area (Å²) in [7, 11) is 0. The molecule has 4 rings (SSSR count). The SMILES string of the molecule is [C-]#[N+]/C=C1/CC[C@H]2[C@@H]3CC=C4CC(=O)CCC4(C)[C@H]3C(=O)C[C@]12C. The summed E-state index contributed by atoms with van der Waals surface area (Å²) in [6.07, 6.45) is 9.55. The van der Waals surface area contributed by atoms with Crippen LogP contribution in [0.5, 0.6) is 0 Å². The minimum Gasteiger partial charge on any atom is -0.299 e. The largest absolute Gasteiger partial charge is 0.299 e. The highest BCUT2D eigenvalue weighted by atomic mass is 16.1. The average Bonchev–Trinajstić information content (AvgIpc) is 2.84. The lowest BCUT2D eigenvalue weighted by Gasteiger charge is -2.55. The summed E-state index contributed by atoms with van der Waals surface area (Å²) < 4.78 is 0. The van der Waals surface area contributed by atoms with Crippen molar-refractivity contribution in [1.29, 1.82) is 0 Å². The molecule has 0 aliphatic heterocycles. The van der Waals surface area contributed by atoms with E-state index in [1.807, 2.05) is 0 Å². The highest BCUT2D eigenvalue weighted by Crippen LogP contribution is 2.64. The molecule has 0 aromatic heterocycles. The van der Waals surface area contributed by atoms with Crippen molar-refractivity contribution in [2.75, 3.05) is 0 Å². The minimum atomic E-state index is -0.116. The molecule has 0 saturated heterocycles. The second-order valence-electron chi connectivity index (χ2n) is 8.73. The molecule has 3 fully saturated rings. The highest BCUT2D eigenvalue weighted by molar-refractivity contribution is 5.88. The van der Waals surface area contributed by atoms with E-state index in [-0.39, 0.29) is 16.7 Å². The van der Waals surface area contributed by atoms with E-state index in [1.165, 1.54) is 11.1 Å². The molecule has 0 N–H and O–H groups in total. The first-order valence-electron chi connectivity index (χ1n) is 9.20. The first-order chi connectivity index (χ1) is 11.4. The van der Waals surface area contributed by atoms with E-state index in [0.717, 1.165) is 25.7 Å². The smallest absolute Gasteiger partial charge is 0.154 e. The third-order valence-electron chi connectivity index (χ3n) is 7.70. The molecule has 1 unspecified atom stereocenters. The summed E-state index contributed by atoms with van der Waals surface area (Å²) >= 11 is 0. The maximum atomic E-state index is 13.3. The van der Waals surface area contributed by atoms with E-state index in [9.17, 15) is 9.59 Å². The molecule has 5 atom stereocenters. The lowest BCUT2D eigenvalue weighted by atomic mass is 9.47. The van der Waals surface area contributed by atoms with Gasteiger partial charge in [0.15, 0.2) is 6.20 Å². The zero-order chi connectivity index (χ0) is 17.1. The summed E-state index contributed by atoms with van der Waals surface area (Å²) in [4.78, 5) is 28.6. The lowest BCUT2D eigenvalue weighted by Crippen LogP contribution is -2.53. The van der Waals surface area contributed by atoms with Crippen molar-refractivity contribution < 1.29 is 9.59 Å². The normalized spacial score (nSPS) is 46.0. The van der Waals surface area contributed by atoms with Gasteiger partial charge in [-0.05, 0) is 48.3 Å². The van der Waals surface area contributed by atoms with Gasteiger partial charge < -0.3 is 0 Å². The standard InChI is InChI=1S/C21H25NO2/c1-20-9-8-15(23)10-13(20)4-6-16-17-7-5-14(12-22-3)21(17,2)11-18(24)19(16)20/h4,12,16-17,19H,5-11H2,1-2H3/b14-12-/t16-,17-,19+,20?,21+/m0/s1. The van der Waals surface area contributed by atoms with Gasteiger partial charge >= 0.3 is 0 Å². The predicted molar refractivity (Wildman–Crippen MR) is 91.8 cm³/mol. The molecular weight excluding hydrogens is 298 g/mol. The van der Waals surface area contributed by atoms with Gasteiger partial charge in [-0.2, -0.15) is 0 Å². The number of nitrogens with zero attached hydrogens (tertiary/aromatic N) is 1. The summed E-state index contributed by atoms with van der Waals surface area (Å²) in [6.45, 7) is 11.6. The third-order valence-corrected chi connectivity index (χ3v) is 7.70. The number of Topliss-reactive ketones (excluding diaryl/α,β-unsaturated/α-hetero) is 2. The second kappa shape index (κ2) is 5.15. The number of carbonyl (C=O) groups excluding carboxylic acids is 2. The molecule has 0 aromatic rings. The van der Waals surface area contributed by atoms with Crippen molar-refractivity contribution in [3.8, 4) is 0 Å². The van der Waals surface area contributed by atoms with E-state index in [1.54, 1.807) is 6.20 Å². The summed E-state index contributed by atoms with van der Waals surface area (Å²) in [5.41, 5.74) is 2.19. The van der Waals surface area contributed by atoms with Crippen LogP contribution in [-0.4, -0.2) is 11.6 Å². The van der Waals surface area contributed by atoms with Crippen LogP contribution in [0.3, 0.4) is 0 Å². The van der Waals surface area contributed by atoms with Crippen molar-refractivity contribution in [3.63, 3.8) is 0 Å². The zero-order valence-corrected chi connectivity index (χ0v) is 14.6. The molecule has 0 bridgehead atoms. The molecule has 4 aliphatic carbocycles. The highest BCUT2D eigenvalue weighted by Gasteiger charge is 2.60. The fraction of sp³-hybridized carbons (Fsp3) is 0.667. The Bertz CT molecular complexity index is 725. The number of hydrogen-bond acceptors (Lipinski definition) is 2. The first kappa shape index (κ1) is 15.8. The quantitative estimate of drug-likeness (QED) is 0.486. The van der Waals surface area contributed by atoms with E-state index < -0.39 is 0 Å². The molecule has 3 nitrogen and oxygen atoms in total. The van der Waals surface area contributed by atoms with Gasteiger partial charge in [0.2, 0.25) is 0 Å². The average molecular weight is 323 g/mol. The topological polar surface area (TPSA) is 38.5 Å². The molecule has 0 radical (unpaired) electrons. The van der Waals surface area contributed by atoms with E-state index in [0.29, 0.717) is 42.7 Å². The predicted octanol–water partition coefficient (Wildman–Crippen LogP) is 4.50. The molecule has 0 amide bonds. The van der Waals surface area contributed by atoms with Crippen molar-refractivity contribution in [2.45, 2.75) is 58.8 Å². The van der Waals surface area contributed by atoms with Gasteiger partial charge in [0.1, 0.15) is 11.6 Å². The van der Waals surface area contributed by atoms with Crippen LogP contribution in [0, 0.1) is 35.2 Å². The van der Waals surface area contributed by atoms with Gasteiger partial charge in [0.25, 0.3) is 0 Å².